The first-order valence-corrected chi connectivity index (χ1v) is 7.55. The fraction of sp³-hybridized carbons (Fsp3) is 0.429. The third-order valence-corrected chi connectivity index (χ3v) is 3.25. The van der Waals surface area contributed by atoms with Crippen molar-refractivity contribution in [2.45, 2.75) is 26.4 Å². The van der Waals surface area contributed by atoms with Crippen molar-refractivity contribution in [3.8, 4) is 5.75 Å². The summed E-state index contributed by atoms with van der Waals surface area (Å²) in [5.74, 6) is 0.859. The molecule has 1 N–H and O–H groups in total. The molecule has 0 bridgehead atoms. The Balaban J connectivity index is 1.72. The lowest BCUT2D eigenvalue weighted by atomic mass is 10.3. The second-order valence-electron chi connectivity index (χ2n) is 4.45. The van der Waals surface area contributed by atoms with Gasteiger partial charge in [0.2, 0.25) is 0 Å². The van der Waals surface area contributed by atoms with Crippen LogP contribution in [-0.4, -0.2) is 28.1 Å². The molecule has 0 saturated carbocycles. The number of benzene rings is 1. The fourth-order valence-electron chi connectivity index (χ4n) is 1.71. The molecule has 6 heteroatoms. The van der Waals surface area contributed by atoms with E-state index in [1.807, 2.05) is 35.1 Å². The standard InChI is InChI=1S/C14H19BrN4O/c1-2-7-16-10-13-11-19(18-17-13)8-9-20-14-5-3-12(15)4-6-14/h3-6,11,16H,2,7-10H2,1H3. The number of nitrogens with zero attached hydrogens (tertiary/aromatic N) is 3. The molecule has 1 aromatic carbocycles. The van der Waals surface area contributed by atoms with Crippen molar-refractivity contribution in [3.05, 3.63) is 40.6 Å². The van der Waals surface area contributed by atoms with E-state index < -0.39 is 0 Å². The highest BCUT2D eigenvalue weighted by atomic mass is 79.9. The molecule has 0 radical (unpaired) electrons. The summed E-state index contributed by atoms with van der Waals surface area (Å²) in [4.78, 5) is 0. The van der Waals surface area contributed by atoms with Crippen LogP contribution in [0.3, 0.4) is 0 Å². The van der Waals surface area contributed by atoms with Gasteiger partial charge < -0.3 is 10.1 Å². The van der Waals surface area contributed by atoms with Crippen LogP contribution in [0.4, 0.5) is 0 Å². The highest BCUT2D eigenvalue weighted by Gasteiger charge is 2.00. The van der Waals surface area contributed by atoms with Crippen LogP contribution in [0.2, 0.25) is 0 Å². The summed E-state index contributed by atoms with van der Waals surface area (Å²) in [6.45, 7) is 5.17. The molecule has 108 valence electrons. The summed E-state index contributed by atoms with van der Waals surface area (Å²) in [5.41, 5.74) is 0.960. The van der Waals surface area contributed by atoms with Crippen LogP contribution in [0.1, 0.15) is 19.0 Å². The third kappa shape index (κ3) is 4.94. The summed E-state index contributed by atoms with van der Waals surface area (Å²) in [6.07, 6.45) is 3.07. The van der Waals surface area contributed by atoms with Crippen LogP contribution in [0, 0.1) is 0 Å². The Kier molecular flexibility index (Phi) is 6.01. The Morgan fingerprint density at radius 2 is 2.10 bits per heavy atom. The predicted octanol–water partition coefficient (Wildman–Crippen LogP) is 2.62. The Morgan fingerprint density at radius 1 is 1.30 bits per heavy atom. The summed E-state index contributed by atoms with van der Waals surface area (Å²) in [7, 11) is 0. The molecule has 0 aliphatic rings. The summed E-state index contributed by atoms with van der Waals surface area (Å²) < 4.78 is 8.50. The Labute approximate surface area is 127 Å². The second-order valence-corrected chi connectivity index (χ2v) is 5.37. The molecule has 0 fully saturated rings. The normalized spacial score (nSPS) is 10.7. The lowest BCUT2D eigenvalue weighted by Crippen LogP contribution is -2.14. The first-order chi connectivity index (χ1) is 9.78. The SMILES string of the molecule is CCCNCc1cn(CCOc2ccc(Br)cc2)nn1. The minimum atomic E-state index is 0.576. The average molecular weight is 339 g/mol. The molecule has 1 heterocycles. The van der Waals surface area contributed by atoms with Gasteiger partial charge in [0.25, 0.3) is 0 Å². The van der Waals surface area contributed by atoms with Gasteiger partial charge in [0.15, 0.2) is 0 Å². The molecule has 0 saturated heterocycles. The van der Waals surface area contributed by atoms with E-state index in [0.29, 0.717) is 13.2 Å². The van der Waals surface area contributed by atoms with E-state index in [-0.39, 0.29) is 0 Å². The van der Waals surface area contributed by atoms with Crippen LogP contribution in [-0.2, 0) is 13.1 Å². The zero-order valence-corrected chi connectivity index (χ0v) is 13.1. The van der Waals surface area contributed by atoms with E-state index in [1.54, 1.807) is 0 Å². The zero-order valence-electron chi connectivity index (χ0n) is 11.6. The third-order valence-electron chi connectivity index (χ3n) is 2.72. The van der Waals surface area contributed by atoms with Crippen LogP contribution in [0.25, 0.3) is 0 Å². The van der Waals surface area contributed by atoms with E-state index in [1.165, 1.54) is 0 Å². The second kappa shape index (κ2) is 8.01. The molecule has 0 spiro atoms. The number of hydrogen-bond donors (Lipinski definition) is 1. The molecular weight excluding hydrogens is 320 g/mol. The van der Waals surface area contributed by atoms with Gasteiger partial charge in [-0.2, -0.15) is 0 Å². The quantitative estimate of drug-likeness (QED) is 0.751. The molecule has 2 aromatic rings. The topological polar surface area (TPSA) is 52.0 Å². The summed E-state index contributed by atoms with van der Waals surface area (Å²) >= 11 is 3.39. The van der Waals surface area contributed by atoms with Gasteiger partial charge in [-0.15, -0.1) is 5.10 Å². The van der Waals surface area contributed by atoms with E-state index in [0.717, 1.165) is 35.4 Å². The fourth-order valence-corrected chi connectivity index (χ4v) is 1.97. The van der Waals surface area contributed by atoms with Crippen molar-refractivity contribution >= 4 is 15.9 Å². The van der Waals surface area contributed by atoms with Crippen molar-refractivity contribution in [2.75, 3.05) is 13.2 Å². The summed E-state index contributed by atoms with van der Waals surface area (Å²) in [5, 5.41) is 11.5. The number of ether oxygens (including phenoxy) is 1. The first-order valence-electron chi connectivity index (χ1n) is 6.76. The highest BCUT2D eigenvalue weighted by Crippen LogP contribution is 2.15. The number of hydrogen-bond acceptors (Lipinski definition) is 4. The minimum absolute atomic E-state index is 0.576. The maximum atomic E-state index is 5.65. The van der Waals surface area contributed by atoms with Gasteiger partial charge in [0, 0.05) is 17.2 Å². The molecular formula is C14H19BrN4O. The number of nitrogens with one attached hydrogen (secondary N) is 1. The van der Waals surface area contributed by atoms with Crippen molar-refractivity contribution in [1.29, 1.82) is 0 Å². The first kappa shape index (κ1) is 15.0. The minimum Gasteiger partial charge on any atom is -0.492 e. The maximum absolute atomic E-state index is 5.65. The number of aromatic nitrogens is 3. The maximum Gasteiger partial charge on any atom is 0.119 e. The lowest BCUT2D eigenvalue weighted by molar-refractivity contribution is 0.289. The van der Waals surface area contributed by atoms with E-state index in [2.05, 4.69) is 38.5 Å². The van der Waals surface area contributed by atoms with E-state index in [9.17, 15) is 0 Å². The molecule has 2 rings (SSSR count). The average Bonchev–Trinajstić information content (AvgIpc) is 2.89. The smallest absolute Gasteiger partial charge is 0.119 e. The molecule has 0 aliphatic carbocycles. The number of halogens is 1. The van der Waals surface area contributed by atoms with Gasteiger partial charge in [-0.25, -0.2) is 4.68 Å². The van der Waals surface area contributed by atoms with Crippen molar-refractivity contribution in [2.24, 2.45) is 0 Å². The molecule has 0 atom stereocenters. The van der Waals surface area contributed by atoms with Gasteiger partial charge in [-0.3, -0.25) is 0 Å². The van der Waals surface area contributed by atoms with Crippen molar-refractivity contribution in [1.82, 2.24) is 20.3 Å². The Hall–Kier alpha value is -1.40. The summed E-state index contributed by atoms with van der Waals surface area (Å²) in [6, 6.07) is 7.79. The largest absolute Gasteiger partial charge is 0.492 e. The van der Waals surface area contributed by atoms with Crippen molar-refractivity contribution in [3.63, 3.8) is 0 Å². The molecule has 20 heavy (non-hydrogen) atoms. The van der Waals surface area contributed by atoms with Crippen LogP contribution in [0.15, 0.2) is 34.9 Å². The Morgan fingerprint density at radius 3 is 2.85 bits per heavy atom. The van der Waals surface area contributed by atoms with Gasteiger partial charge in [0.1, 0.15) is 12.4 Å². The Bertz CT molecular complexity index is 512. The lowest BCUT2D eigenvalue weighted by Gasteiger charge is -2.05. The van der Waals surface area contributed by atoms with Crippen LogP contribution < -0.4 is 10.1 Å². The van der Waals surface area contributed by atoms with Gasteiger partial charge in [-0.1, -0.05) is 28.1 Å². The van der Waals surface area contributed by atoms with Crippen LogP contribution in [0.5, 0.6) is 5.75 Å². The number of rotatable bonds is 8. The highest BCUT2D eigenvalue weighted by molar-refractivity contribution is 9.10. The van der Waals surface area contributed by atoms with Crippen LogP contribution >= 0.6 is 15.9 Å². The molecule has 0 unspecified atom stereocenters. The predicted molar refractivity (Wildman–Crippen MR) is 81.7 cm³/mol. The van der Waals surface area contributed by atoms with Gasteiger partial charge in [-0.05, 0) is 37.2 Å². The molecule has 0 amide bonds. The monoisotopic (exact) mass is 338 g/mol. The zero-order chi connectivity index (χ0) is 14.2. The van der Waals surface area contributed by atoms with E-state index in [4.69, 9.17) is 4.74 Å². The van der Waals surface area contributed by atoms with E-state index >= 15 is 0 Å². The van der Waals surface area contributed by atoms with Crippen molar-refractivity contribution < 1.29 is 4.74 Å². The molecule has 5 nitrogen and oxygen atoms in total. The molecule has 1 aromatic heterocycles. The van der Waals surface area contributed by atoms with Gasteiger partial charge in [0.05, 0.1) is 12.2 Å². The molecule has 0 aliphatic heterocycles. The van der Waals surface area contributed by atoms with Gasteiger partial charge >= 0.3 is 0 Å².